The molecule has 2 heterocycles. The third-order valence-electron chi connectivity index (χ3n) is 5.08. The second-order valence-electron chi connectivity index (χ2n) is 6.67. The third kappa shape index (κ3) is 2.77. The number of hydrogen-bond acceptors (Lipinski definition) is 2. The Hall–Kier alpha value is -2.13. The Balaban J connectivity index is 1.66. The molecule has 3 heteroatoms. The van der Waals surface area contributed by atoms with Gasteiger partial charge in [-0.1, -0.05) is 24.3 Å². The molecule has 0 saturated carbocycles. The molecule has 1 N–H and O–H groups in total. The van der Waals surface area contributed by atoms with Crippen molar-refractivity contribution in [3.8, 4) is 11.1 Å². The van der Waals surface area contributed by atoms with Gasteiger partial charge in [0, 0.05) is 12.2 Å². The highest BCUT2D eigenvalue weighted by Crippen LogP contribution is 2.32. The molecule has 2 aromatic rings. The number of hydrogen-bond donors (Lipinski definition) is 1. The number of amides is 1. The van der Waals surface area contributed by atoms with Crippen molar-refractivity contribution in [3.63, 3.8) is 0 Å². The van der Waals surface area contributed by atoms with Crippen molar-refractivity contribution in [2.75, 3.05) is 18.4 Å². The van der Waals surface area contributed by atoms with Gasteiger partial charge in [0.1, 0.15) is 0 Å². The van der Waals surface area contributed by atoms with Crippen LogP contribution in [0.5, 0.6) is 0 Å². The molecule has 1 fully saturated rings. The first-order valence-electron chi connectivity index (χ1n) is 8.45. The minimum atomic E-state index is 0.0941. The van der Waals surface area contributed by atoms with E-state index in [4.69, 9.17) is 0 Å². The minimum absolute atomic E-state index is 0.0941. The van der Waals surface area contributed by atoms with Crippen molar-refractivity contribution in [1.82, 2.24) is 4.90 Å². The lowest BCUT2D eigenvalue weighted by Crippen LogP contribution is -2.19. The summed E-state index contributed by atoms with van der Waals surface area (Å²) in [5, 5.41) is 2.90. The molecule has 0 unspecified atom stereocenters. The van der Waals surface area contributed by atoms with Gasteiger partial charge in [-0.05, 0) is 72.8 Å². The van der Waals surface area contributed by atoms with Crippen LogP contribution in [0.2, 0.25) is 0 Å². The van der Waals surface area contributed by atoms with Crippen LogP contribution < -0.4 is 5.32 Å². The number of fused-ring (bicyclic) bond motifs is 1. The van der Waals surface area contributed by atoms with Gasteiger partial charge in [0.2, 0.25) is 5.91 Å². The van der Waals surface area contributed by atoms with E-state index in [1.165, 1.54) is 48.2 Å². The number of benzene rings is 2. The maximum absolute atomic E-state index is 11.5. The third-order valence-corrected chi connectivity index (χ3v) is 5.08. The van der Waals surface area contributed by atoms with E-state index in [9.17, 15) is 4.79 Å². The van der Waals surface area contributed by atoms with Crippen molar-refractivity contribution < 1.29 is 4.79 Å². The Morgan fingerprint density at radius 3 is 2.78 bits per heavy atom. The van der Waals surface area contributed by atoms with Crippen molar-refractivity contribution >= 4 is 11.6 Å². The first kappa shape index (κ1) is 14.5. The standard InChI is InChI=1S/C20H22N2O/c1-14-16(13-22-9-2-3-10-22)5-4-6-18(14)15-7-8-19-17(11-15)12-20(23)21-19/h4-8,11H,2-3,9-10,12-13H2,1H3,(H,21,23). The fourth-order valence-electron chi connectivity index (χ4n) is 3.75. The van der Waals surface area contributed by atoms with Crippen LogP contribution in [0.3, 0.4) is 0 Å². The molecule has 0 aliphatic carbocycles. The van der Waals surface area contributed by atoms with Crippen molar-refractivity contribution in [1.29, 1.82) is 0 Å². The summed E-state index contributed by atoms with van der Waals surface area (Å²) in [6.07, 6.45) is 3.14. The number of anilines is 1. The lowest BCUT2D eigenvalue weighted by Gasteiger charge is -2.18. The fourth-order valence-corrected chi connectivity index (χ4v) is 3.75. The average molecular weight is 306 g/mol. The summed E-state index contributed by atoms with van der Waals surface area (Å²) in [6.45, 7) is 5.70. The van der Waals surface area contributed by atoms with Gasteiger partial charge in [-0.15, -0.1) is 0 Å². The van der Waals surface area contributed by atoms with E-state index in [1.54, 1.807) is 0 Å². The number of nitrogens with one attached hydrogen (secondary N) is 1. The van der Waals surface area contributed by atoms with E-state index in [0.717, 1.165) is 17.8 Å². The van der Waals surface area contributed by atoms with Gasteiger partial charge in [0.05, 0.1) is 6.42 Å². The molecule has 2 aliphatic rings. The van der Waals surface area contributed by atoms with Gasteiger partial charge in [-0.2, -0.15) is 0 Å². The van der Waals surface area contributed by atoms with Gasteiger partial charge in [-0.3, -0.25) is 9.69 Å². The highest BCUT2D eigenvalue weighted by atomic mass is 16.1. The van der Waals surface area contributed by atoms with E-state index in [1.807, 2.05) is 6.07 Å². The van der Waals surface area contributed by atoms with Crippen LogP contribution in [0.1, 0.15) is 29.5 Å². The van der Waals surface area contributed by atoms with Crippen LogP contribution in [-0.2, 0) is 17.8 Å². The summed E-state index contributed by atoms with van der Waals surface area (Å²) in [5.74, 6) is 0.0941. The van der Waals surface area contributed by atoms with E-state index in [0.29, 0.717) is 6.42 Å². The Bertz CT molecular complexity index is 760. The average Bonchev–Trinajstić information content (AvgIpc) is 3.17. The van der Waals surface area contributed by atoms with E-state index < -0.39 is 0 Å². The van der Waals surface area contributed by atoms with Crippen LogP contribution in [0.15, 0.2) is 36.4 Å². The zero-order valence-electron chi connectivity index (χ0n) is 13.6. The first-order valence-corrected chi connectivity index (χ1v) is 8.45. The van der Waals surface area contributed by atoms with Crippen LogP contribution in [0.25, 0.3) is 11.1 Å². The summed E-state index contributed by atoms with van der Waals surface area (Å²) in [5.41, 5.74) is 7.34. The van der Waals surface area contributed by atoms with Gasteiger partial charge < -0.3 is 5.32 Å². The largest absolute Gasteiger partial charge is 0.326 e. The lowest BCUT2D eigenvalue weighted by atomic mass is 9.94. The van der Waals surface area contributed by atoms with Crippen molar-refractivity contribution in [2.45, 2.75) is 32.7 Å². The van der Waals surface area contributed by atoms with Gasteiger partial charge in [-0.25, -0.2) is 0 Å². The highest BCUT2D eigenvalue weighted by Gasteiger charge is 2.19. The summed E-state index contributed by atoms with van der Waals surface area (Å²) < 4.78 is 0. The molecule has 118 valence electrons. The van der Waals surface area contributed by atoms with Crippen LogP contribution in [0, 0.1) is 6.92 Å². The Labute approximate surface area is 137 Å². The van der Waals surface area contributed by atoms with Crippen LogP contribution in [-0.4, -0.2) is 23.9 Å². The molecule has 0 bridgehead atoms. The minimum Gasteiger partial charge on any atom is -0.326 e. The Morgan fingerprint density at radius 2 is 1.96 bits per heavy atom. The van der Waals surface area contributed by atoms with E-state index in [2.05, 4.69) is 47.5 Å². The zero-order chi connectivity index (χ0) is 15.8. The predicted octanol–water partition coefficient (Wildman–Crippen LogP) is 3.75. The number of carbonyl (C=O) groups is 1. The number of rotatable bonds is 3. The molecular formula is C20H22N2O. The van der Waals surface area contributed by atoms with Gasteiger partial charge >= 0.3 is 0 Å². The maximum Gasteiger partial charge on any atom is 0.228 e. The molecule has 0 aromatic heterocycles. The molecule has 2 aromatic carbocycles. The summed E-state index contributed by atoms with van der Waals surface area (Å²) in [6, 6.07) is 12.9. The normalized spacial score (nSPS) is 17.3. The van der Waals surface area contributed by atoms with Crippen molar-refractivity contribution in [2.24, 2.45) is 0 Å². The van der Waals surface area contributed by atoms with Gasteiger partial charge in [0.15, 0.2) is 0 Å². The predicted molar refractivity (Wildman–Crippen MR) is 93.5 cm³/mol. The number of likely N-dealkylation sites (tertiary alicyclic amines) is 1. The molecule has 4 rings (SSSR count). The molecule has 1 amide bonds. The molecule has 23 heavy (non-hydrogen) atoms. The second-order valence-corrected chi connectivity index (χ2v) is 6.67. The molecule has 3 nitrogen and oxygen atoms in total. The molecule has 0 atom stereocenters. The van der Waals surface area contributed by atoms with Crippen molar-refractivity contribution in [3.05, 3.63) is 53.1 Å². The molecular weight excluding hydrogens is 284 g/mol. The molecule has 0 spiro atoms. The van der Waals surface area contributed by atoms with E-state index >= 15 is 0 Å². The van der Waals surface area contributed by atoms with Crippen LogP contribution in [0.4, 0.5) is 5.69 Å². The first-order chi connectivity index (χ1) is 11.2. The summed E-state index contributed by atoms with van der Waals surface area (Å²) in [7, 11) is 0. The number of carbonyl (C=O) groups excluding carboxylic acids is 1. The monoisotopic (exact) mass is 306 g/mol. The van der Waals surface area contributed by atoms with E-state index in [-0.39, 0.29) is 5.91 Å². The highest BCUT2D eigenvalue weighted by molar-refractivity contribution is 5.99. The fraction of sp³-hybridized carbons (Fsp3) is 0.350. The second kappa shape index (κ2) is 5.82. The summed E-state index contributed by atoms with van der Waals surface area (Å²) in [4.78, 5) is 14.1. The maximum atomic E-state index is 11.5. The lowest BCUT2D eigenvalue weighted by molar-refractivity contribution is -0.115. The quantitative estimate of drug-likeness (QED) is 0.936. The summed E-state index contributed by atoms with van der Waals surface area (Å²) >= 11 is 0. The van der Waals surface area contributed by atoms with Gasteiger partial charge in [0.25, 0.3) is 0 Å². The smallest absolute Gasteiger partial charge is 0.228 e. The number of nitrogens with zero attached hydrogens (tertiary/aromatic N) is 1. The Kier molecular flexibility index (Phi) is 3.66. The Morgan fingerprint density at radius 1 is 1.13 bits per heavy atom. The molecule has 1 saturated heterocycles. The zero-order valence-corrected chi connectivity index (χ0v) is 13.6. The topological polar surface area (TPSA) is 32.3 Å². The SMILES string of the molecule is Cc1c(CN2CCCC2)cccc1-c1ccc2c(c1)CC(=O)N2. The van der Waals surface area contributed by atoms with Crippen LogP contribution >= 0.6 is 0 Å². The molecule has 2 aliphatic heterocycles. The molecule has 0 radical (unpaired) electrons.